The van der Waals surface area contributed by atoms with E-state index in [1.807, 2.05) is 12.3 Å². The van der Waals surface area contributed by atoms with Crippen LogP contribution in [0.2, 0.25) is 5.02 Å². The number of nitrogens with zero attached hydrogens (tertiary/aromatic N) is 1. The van der Waals surface area contributed by atoms with Crippen LogP contribution in [0.3, 0.4) is 0 Å². The largest absolute Gasteiger partial charge is 0.356 e. The Balaban J connectivity index is 1.79. The molecule has 1 aromatic heterocycles. The van der Waals surface area contributed by atoms with E-state index in [0.717, 1.165) is 10.7 Å². The van der Waals surface area contributed by atoms with Crippen LogP contribution in [0.1, 0.15) is 17.1 Å². The lowest BCUT2D eigenvalue weighted by molar-refractivity contribution is -0.120. The van der Waals surface area contributed by atoms with Gasteiger partial charge >= 0.3 is 0 Å². The summed E-state index contributed by atoms with van der Waals surface area (Å²) < 4.78 is 24.3. The smallest absolute Gasteiger partial charge is 0.221 e. The van der Waals surface area contributed by atoms with E-state index in [0.29, 0.717) is 18.0 Å². The zero-order valence-corrected chi connectivity index (χ0v) is 15.0. The summed E-state index contributed by atoms with van der Waals surface area (Å²) in [5.41, 5.74) is 0.930. The van der Waals surface area contributed by atoms with E-state index >= 15 is 0 Å². The molecule has 0 fully saturated rings. The van der Waals surface area contributed by atoms with Crippen LogP contribution < -0.4 is 5.32 Å². The molecule has 0 saturated carbocycles. The van der Waals surface area contributed by atoms with Gasteiger partial charge in [0.25, 0.3) is 0 Å². The van der Waals surface area contributed by atoms with Gasteiger partial charge in [-0.3, -0.25) is 4.79 Å². The molecule has 5 nitrogen and oxygen atoms in total. The Labute approximate surface area is 144 Å². The number of aromatic nitrogens is 1. The van der Waals surface area contributed by atoms with Crippen LogP contribution in [0.25, 0.3) is 0 Å². The van der Waals surface area contributed by atoms with Crippen LogP contribution in [-0.2, 0) is 21.1 Å². The van der Waals surface area contributed by atoms with Crippen LogP contribution in [-0.4, -0.2) is 31.6 Å². The Kier molecular flexibility index (Phi) is 6.15. The summed E-state index contributed by atoms with van der Waals surface area (Å²) in [4.78, 5) is 16.2. The molecule has 0 bridgehead atoms. The van der Waals surface area contributed by atoms with Gasteiger partial charge in [-0.15, -0.1) is 11.3 Å². The van der Waals surface area contributed by atoms with E-state index in [-0.39, 0.29) is 23.0 Å². The minimum atomic E-state index is -3.51. The molecule has 8 heteroatoms. The SMILES string of the molecule is Cc1nc(CCNC(=O)CCS(=O)(=O)c2cccc(Cl)c2)cs1. The second kappa shape index (κ2) is 7.90. The first kappa shape index (κ1) is 17.9. The first-order valence-electron chi connectivity index (χ1n) is 7.03. The molecule has 2 rings (SSSR count). The second-order valence-corrected chi connectivity index (χ2v) is 8.59. The van der Waals surface area contributed by atoms with E-state index < -0.39 is 9.84 Å². The van der Waals surface area contributed by atoms with Gasteiger partial charge in [0.2, 0.25) is 5.91 Å². The predicted octanol–water partition coefficient (Wildman–Crippen LogP) is 2.63. The Hall–Kier alpha value is -1.44. The van der Waals surface area contributed by atoms with Crippen molar-refractivity contribution < 1.29 is 13.2 Å². The lowest BCUT2D eigenvalue weighted by Gasteiger charge is -2.06. The van der Waals surface area contributed by atoms with Gasteiger partial charge in [0.15, 0.2) is 9.84 Å². The molecule has 0 unspecified atom stereocenters. The van der Waals surface area contributed by atoms with E-state index in [1.54, 1.807) is 23.5 Å². The molecule has 0 spiro atoms. The zero-order valence-electron chi connectivity index (χ0n) is 12.6. The average molecular weight is 373 g/mol. The molecule has 0 radical (unpaired) electrons. The Morgan fingerprint density at radius 1 is 1.39 bits per heavy atom. The van der Waals surface area contributed by atoms with Gasteiger partial charge in [-0.1, -0.05) is 17.7 Å². The maximum Gasteiger partial charge on any atom is 0.221 e. The molecule has 2 aromatic rings. The standard InChI is InChI=1S/C15H17ClN2O3S2/c1-11-18-13(10-22-11)5-7-17-15(19)6-8-23(20,21)14-4-2-3-12(16)9-14/h2-4,9-10H,5-8H2,1H3,(H,17,19). The van der Waals surface area contributed by atoms with E-state index in [9.17, 15) is 13.2 Å². The first-order chi connectivity index (χ1) is 10.9. The van der Waals surface area contributed by atoms with Crippen molar-refractivity contribution in [1.82, 2.24) is 10.3 Å². The molecule has 0 atom stereocenters. The second-order valence-electron chi connectivity index (χ2n) is 4.98. The molecule has 0 aliphatic heterocycles. The molecule has 23 heavy (non-hydrogen) atoms. The molecule has 0 aliphatic rings. The van der Waals surface area contributed by atoms with Gasteiger partial charge in [0.1, 0.15) is 0 Å². The molecule has 124 valence electrons. The highest BCUT2D eigenvalue weighted by molar-refractivity contribution is 7.91. The van der Waals surface area contributed by atoms with Crippen molar-refractivity contribution in [3.63, 3.8) is 0 Å². The highest BCUT2D eigenvalue weighted by Crippen LogP contribution is 2.17. The summed E-state index contributed by atoms with van der Waals surface area (Å²) in [6, 6.07) is 6.04. The average Bonchev–Trinajstić information content (AvgIpc) is 2.91. The minimum absolute atomic E-state index is 0.0784. The van der Waals surface area contributed by atoms with Crippen molar-refractivity contribution in [3.8, 4) is 0 Å². The number of carbonyl (C=O) groups is 1. The highest BCUT2D eigenvalue weighted by Gasteiger charge is 2.16. The van der Waals surface area contributed by atoms with Crippen LogP contribution in [0.4, 0.5) is 0 Å². The number of hydrogen-bond donors (Lipinski definition) is 1. The van der Waals surface area contributed by atoms with Crippen molar-refractivity contribution in [2.24, 2.45) is 0 Å². The Morgan fingerprint density at radius 2 is 2.17 bits per heavy atom. The normalized spacial score (nSPS) is 11.4. The topological polar surface area (TPSA) is 76.1 Å². The monoisotopic (exact) mass is 372 g/mol. The summed E-state index contributed by atoms with van der Waals surface area (Å²) in [6.45, 7) is 2.37. The Morgan fingerprint density at radius 3 is 2.83 bits per heavy atom. The van der Waals surface area contributed by atoms with Crippen molar-refractivity contribution in [1.29, 1.82) is 0 Å². The van der Waals surface area contributed by atoms with Crippen LogP contribution in [0.15, 0.2) is 34.5 Å². The van der Waals surface area contributed by atoms with Gasteiger partial charge in [0.05, 0.1) is 21.3 Å². The predicted molar refractivity (Wildman–Crippen MR) is 91.7 cm³/mol. The molecule has 0 aliphatic carbocycles. The summed E-state index contributed by atoms with van der Waals surface area (Å²) in [5, 5.41) is 6.00. The van der Waals surface area contributed by atoms with Gasteiger partial charge < -0.3 is 5.32 Å². The number of aryl methyl sites for hydroxylation is 1. The van der Waals surface area contributed by atoms with Crippen molar-refractivity contribution in [2.75, 3.05) is 12.3 Å². The third-order valence-corrected chi connectivity index (χ3v) is 5.89. The highest BCUT2D eigenvalue weighted by atomic mass is 35.5. The van der Waals surface area contributed by atoms with Crippen molar-refractivity contribution in [3.05, 3.63) is 45.4 Å². The molecular formula is C15H17ClN2O3S2. The quantitative estimate of drug-likeness (QED) is 0.810. The van der Waals surface area contributed by atoms with Crippen LogP contribution in [0.5, 0.6) is 0 Å². The Bertz CT molecular complexity index is 788. The van der Waals surface area contributed by atoms with Crippen LogP contribution >= 0.6 is 22.9 Å². The van der Waals surface area contributed by atoms with Crippen molar-refractivity contribution >= 4 is 38.7 Å². The number of thiazole rings is 1. The number of amides is 1. The summed E-state index contributed by atoms with van der Waals surface area (Å²) in [5.74, 6) is -0.530. The number of halogens is 1. The molecule has 1 aromatic carbocycles. The number of nitrogens with one attached hydrogen (secondary N) is 1. The van der Waals surface area contributed by atoms with Crippen LogP contribution in [0, 0.1) is 6.92 Å². The maximum atomic E-state index is 12.1. The first-order valence-corrected chi connectivity index (χ1v) is 9.94. The van der Waals surface area contributed by atoms with Gasteiger partial charge in [-0.2, -0.15) is 0 Å². The maximum absolute atomic E-state index is 12.1. The van der Waals surface area contributed by atoms with E-state index in [2.05, 4.69) is 10.3 Å². The van der Waals surface area contributed by atoms with Crippen molar-refractivity contribution in [2.45, 2.75) is 24.7 Å². The number of benzene rings is 1. The van der Waals surface area contributed by atoms with E-state index in [1.165, 1.54) is 12.1 Å². The summed E-state index contributed by atoms with van der Waals surface area (Å²) in [6.07, 6.45) is 0.558. The lowest BCUT2D eigenvalue weighted by Crippen LogP contribution is -2.27. The molecule has 0 saturated heterocycles. The number of rotatable bonds is 7. The summed E-state index contributed by atoms with van der Waals surface area (Å²) in [7, 11) is -3.51. The van der Waals surface area contributed by atoms with Gasteiger partial charge in [-0.05, 0) is 25.1 Å². The van der Waals surface area contributed by atoms with Gasteiger partial charge in [0, 0.05) is 29.8 Å². The fraction of sp³-hybridized carbons (Fsp3) is 0.333. The zero-order chi connectivity index (χ0) is 16.9. The third-order valence-electron chi connectivity index (χ3n) is 3.12. The summed E-state index contributed by atoms with van der Waals surface area (Å²) >= 11 is 7.35. The number of sulfone groups is 1. The fourth-order valence-corrected chi connectivity index (χ4v) is 4.13. The third kappa shape index (κ3) is 5.60. The molecule has 1 N–H and O–H groups in total. The van der Waals surface area contributed by atoms with Gasteiger partial charge in [-0.25, -0.2) is 13.4 Å². The minimum Gasteiger partial charge on any atom is -0.356 e. The van der Waals surface area contributed by atoms with E-state index in [4.69, 9.17) is 11.6 Å². The fourth-order valence-electron chi connectivity index (χ4n) is 1.95. The lowest BCUT2D eigenvalue weighted by atomic mass is 10.3. The number of carbonyl (C=O) groups excluding carboxylic acids is 1. The number of hydrogen-bond acceptors (Lipinski definition) is 5. The molecule has 1 amide bonds. The molecule has 1 heterocycles. The molecular weight excluding hydrogens is 356 g/mol.